The first kappa shape index (κ1) is 16.0. The van der Waals surface area contributed by atoms with E-state index in [0.717, 1.165) is 23.9 Å². The number of ether oxygens (including phenoxy) is 2. The van der Waals surface area contributed by atoms with Crippen LogP contribution in [0.15, 0.2) is 47.2 Å². The molecule has 0 radical (unpaired) electrons. The van der Waals surface area contributed by atoms with Gasteiger partial charge >= 0.3 is 0 Å². The van der Waals surface area contributed by atoms with E-state index < -0.39 is 0 Å². The average Bonchev–Trinajstić information content (AvgIpc) is 3.07. The molecule has 1 N–H and O–H groups in total. The van der Waals surface area contributed by atoms with E-state index >= 15 is 0 Å². The molecule has 1 atom stereocenters. The molecule has 0 saturated carbocycles. The smallest absolute Gasteiger partial charge is 0.257 e. The topological polar surface area (TPSA) is 60.5 Å². The molecule has 2 aromatic rings. The van der Waals surface area contributed by atoms with Crippen molar-refractivity contribution in [1.82, 2.24) is 4.98 Å². The molecule has 2 heterocycles. The van der Waals surface area contributed by atoms with Crippen molar-refractivity contribution >= 4 is 27.5 Å². The lowest BCUT2D eigenvalue weighted by Gasteiger charge is -2.12. The Morgan fingerprint density at radius 2 is 2.30 bits per heavy atom. The van der Waals surface area contributed by atoms with Gasteiger partial charge in [-0.2, -0.15) is 0 Å². The van der Waals surface area contributed by atoms with Crippen molar-refractivity contribution in [2.75, 3.05) is 18.5 Å². The maximum absolute atomic E-state index is 12.2. The summed E-state index contributed by atoms with van der Waals surface area (Å²) < 4.78 is 12.0. The number of hydrogen-bond donors (Lipinski definition) is 1. The SMILES string of the molecule is O=C(Nc1cccc(OCC2CCCO2)c1)c1cncc(Br)c1. The number of benzene rings is 1. The highest BCUT2D eigenvalue weighted by molar-refractivity contribution is 9.10. The maximum Gasteiger partial charge on any atom is 0.257 e. The number of rotatable bonds is 5. The molecule has 1 saturated heterocycles. The quantitative estimate of drug-likeness (QED) is 0.864. The largest absolute Gasteiger partial charge is 0.491 e. The van der Waals surface area contributed by atoms with Crippen LogP contribution in [0.3, 0.4) is 0 Å². The van der Waals surface area contributed by atoms with Gasteiger partial charge in [0, 0.05) is 35.2 Å². The third kappa shape index (κ3) is 4.53. The molecular formula is C17H17BrN2O3. The lowest BCUT2D eigenvalue weighted by molar-refractivity contribution is 0.0680. The van der Waals surface area contributed by atoms with Crippen LogP contribution < -0.4 is 10.1 Å². The molecule has 1 unspecified atom stereocenters. The van der Waals surface area contributed by atoms with E-state index in [9.17, 15) is 4.79 Å². The number of halogens is 1. The molecule has 1 aromatic carbocycles. The van der Waals surface area contributed by atoms with Gasteiger partial charge in [-0.25, -0.2) is 0 Å². The Kier molecular flexibility index (Phi) is 5.25. The van der Waals surface area contributed by atoms with E-state index in [1.807, 2.05) is 18.2 Å². The lowest BCUT2D eigenvalue weighted by atomic mass is 10.2. The summed E-state index contributed by atoms with van der Waals surface area (Å²) in [5, 5.41) is 2.84. The van der Waals surface area contributed by atoms with E-state index in [2.05, 4.69) is 26.2 Å². The molecule has 5 nitrogen and oxygen atoms in total. The second-order valence-corrected chi connectivity index (χ2v) is 6.24. The van der Waals surface area contributed by atoms with Crippen molar-refractivity contribution in [3.8, 4) is 5.75 Å². The second-order valence-electron chi connectivity index (χ2n) is 5.32. The highest BCUT2D eigenvalue weighted by Gasteiger charge is 2.16. The fourth-order valence-corrected chi connectivity index (χ4v) is 2.73. The van der Waals surface area contributed by atoms with Gasteiger partial charge in [-0.3, -0.25) is 9.78 Å². The summed E-state index contributed by atoms with van der Waals surface area (Å²) in [6.07, 6.45) is 5.45. The second kappa shape index (κ2) is 7.57. The predicted octanol–water partition coefficient (Wildman–Crippen LogP) is 3.65. The molecule has 0 aliphatic carbocycles. The normalized spacial score (nSPS) is 17.0. The van der Waals surface area contributed by atoms with Gasteiger partial charge < -0.3 is 14.8 Å². The van der Waals surface area contributed by atoms with Crippen LogP contribution in [0.2, 0.25) is 0 Å². The maximum atomic E-state index is 12.2. The molecule has 1 fully saturated rings. The minimum atomic E-state index is -0.213. The number of nitrogens with zero attached hydrogens (tertiary/aromatic N) is 1. The average molecular weight is 377 g/mol. The zero-order valence-corrected chi connectivity index (χ0v) is 14.1. The third-order valence-electron chi connectivity index (χ3n) is 3.52. The number of nitrogens with one attached hydrogen (secondary N) is 1. The van der Waals surface area contributed by atoms with Gasteiger partial charge in [0.15, 0.2) is 0 Å². The summed E-state index contributed by atoms with van der Waals surface area (Å²) in [5.74, 6) is 0.501. The van der Waals surface area contributed by atoms with E-state index in [0.29, 0.717) is 23.6 Å². The molecule has 0 spiro atoms. The number of carbonyl (C=O) groups excluding carboxylic acids is 1. The minimum Gasteiger partial charge on any atom is -0.491 e. The molecule has 1 aliphatic rings. The standard InChI is InChI=1S/C17H17BrN2O3/c18-13-7-12(9-19-10-13)17(21)20-14-3-1-4-15(8-14)23-11-16-5-2-6-22-16/h1,3-4,7-10,16H,2,5-6,11H2,(H,20,21). The predicted molar refractivity (Wildman–Crippen MR) is 90.8 cm³/mol. The molecule has 0 bridgehead atoms. The van der Waals surface area contributed by atoms with Crippen molar-refractivity contribution in [2.45, 2.75) is 18.9 Å². The number of pyridine rings is 1. The summed E-state index contributed by atoms with van der Waals surface area (Å²) in [4.78, 5) is 16.2. The fraction of sp³-hybridized carbons (Fsp3) is 0.294. The first-order valence-electron chi connectivity index (χ1n) is 7.47. The van der Waals surface area contributed by atoms with Gasteiger partial charge in [-0.1, -0.05) is 6.07 Å². The Balaban J connectivity index is 1.61. The first-order chi connectivity index (χ1) is 11.2. The zero-order valence-electron chi connectivity index (χ0n) is 12.5. The van der Waals surface area contributed by atoms with Gasteiger partial charge in [0.2, 0.25) is 0 Å². The molecule has 1 aliphatic heterocycles. The van der Waals surface area contributed by atoms with Crippen LogP contribution in [0.4, 0.5) is 5.69 Å². The number of hydrogen-bond acceptors (Lipinski definition) is 4. The minimum absolute atomic E-state index is 0.168. The van der Waals surface area contributed by atoms with Crippen LogP contribution in [0.5, 0.6) is 5.75 Å². The number of carbonyl (C=O) groups is 1. The van der Waals surface area contributed by atoms with E-state index in [1.54, 1.807) is 18.3 Å². The molecule has 3 rings (SSSR count). The molecule has 6 heteroatoms. The molecule has 1 amide bonds. The van der Waals surface area contributed by atoms with E-state index in [-0.39, 0.29) is 12.0 Å². The number of amides is 1. The van der Waals surface area contributed by atoms with Crippen LogP contribution in [-0.4, -0.2) is 30.2 Å². The van der Waals surface area contributed by atoms with E-state index in [1.165, 1.54) is 6.20 Å². The zero-order chi connectivity index (χ0) is 16.1. The van der Waals surface area contributed by atoms with Crippen molar-refractivity contribution in [2.24, 2.45) is 0 Å². The molecule has 1 aromatic heterocycles. The van der Waals surface area contributed by atoms with Crippen molar-refractivity contribution in [1.29, 1.82) is 0 Å². The first-order valence-corrected chi connectivity index (χ1v) is 8.26. The Morgan fingerprint density at radius 1 is 1.39 bits per heavy atom. The summed E-state index contributed by atoms with van der Waals surface area (Å²) in [6, 6.07) is 9.06. The van der Waals surface area contributed by atoms with Crippen LogP contribution in [0.25, 0.3) is 0 Å². The van der Waals surface area contributed by atoms with Gasteiger partial charge in [0.05, 0.1) is 11.7 Å². The third-order valence-corrected chi connectivity index (χ3v) is 3.95. The van der Waals surface area contributed by atoms with Crippen molar-refractivity contribution in [3.05, 3.63) is 52.8 Å². The molecule has 23 heavy (non-hydrogen) atoms. The van der Waals surface area contributed by atoms with E-state index in [4.69, 9.17) is 9.47 Å². The summed E-state index contributed by atoms with van der Waals surface area (Å²) in [7, 11) is 0. The Bertz CT molecular complexity index is 687. The van der Waals surface area contributed by atoms with Crippen molar-refractivity contribution < 1.29 is 14.3 Å². The summed E-state index contributed by atoms with van der Waals surface area (Å²) in [6.45, 7) is 1.34. The van der Waals surface area contributed by atoms with Crippen molar-refractivity contribution in [3.63, 3.8) is 0 Å². The molecule has 120 valence electrons. The number of anilines is 1. The van der Waals surface area contributed by atoms with Crippen LogP contribution >= 0.6 is 15.9 Å². The fourth-order valence-electron chi connectivity index (χ4n) is 2.37. The van der Waals surface area contributed by atoms with Crippen LogP contribution in [0.1, 0.15) is 23.2 Å². The van der Waals surface area contributed by atoms with Gasteiger partial charge in [-0.05, 0) is 47.0 Å². The van der Waals surface area contributed by atoms with Gasteiger partial charge in [0.1, 0.15) is 12.4 Å². The summed E-state index contributed by atoms with van der Waals surface area (Å²) in [5.41, 5.74) is 1.17. The summed E-state index contributed by atoms with van der Waals surface area (Å²) >= 11 is 3.31. The number of aromatic nitrogens is 1. The van der Waals surface area contributed by atoms with Crippen LogP contribution in [-0.2, 0) is 4.74 Å². The van der Waals surface area contributed by atoms with Gasteiger partial charge in [0.25, 0.3) is 5.91 Å². The lowest BCUT2D eigenvalue weighted by Crippen LogP contribution is -2.16. The Morgan fingerprint density at radius 3 is 3.09 bits per heavy atom. The Hall–Kier alpha value is -1.92. The monoisotopic (exact) mass is 376 g/mol. The highest BCUT2D eigenvalue weighted by atomic mass is 79.9. The highest BCUT2D eigenvalue weighted by Crippen LogP contribution is 2.20. The van der Waals surface area contributed by atoms with Gasteiger partial charge in [-0.15, -0.1) is 0 Å². The Labute approximate surface area is 143 Å². The van der Waals surface area contributed by atoms with Crippen LogP contribution in [0, 0.1) is 0 Å². The molecular weight excluding hydrogens is 360 g/mol.